The molecule has 1 heterocycles. The minimum absolute atomic E-state index is 0.0600. The average molecular weight is 200 g/mol. The molecule has 1 atom stereocenters. The minimum atomic E-state index is -0.0600. The summed E-state index contributed by atoms with van der Waals surface area (Å²) in [5, 5.41) is 0. The van der Waals surface area contributed by atoms with E-state index in [2.05, 4.69) is 0 Å². The van der Waals surface area contributed by atoms with E-state index >= 15 is 0 Å². The lowest BCUT2D eigenvalue weighted by atomic mass is 10.0. The van der Waals surface area contributed by atoms with E-state index in [0.29, 0.717) is 13.0 Å². The highest BCUT2D eigenvalue weighted by atomic mass is 16.5. The third-order valence-electron chi connectivity index (χ3n) is 2.57. The SMILES string of the molecule is CCOC(=O)CCCCC1CCOC1. The Kier molecular flexibility index (Phi) is 5.60. The van der Waals surface area contributed by atoms with Gasteiger partial charge in [-0.2, -0.15) is 0 Å². The summed E-state index contributed by atoms with van der Waals surface area (Å²) in [5.74, 6) is 0.673. The predicted octanol–water partition coefficient (Wildman–Crippen LogP) is 2.15. The van der Waals surface area contributed by atoms with Crippen LogP contribution in [0.5, 0.6) is 0 Å². The Morgan fingerprint density at radius 3 is 3.00 bits per heavy atom. The molecule has 0 aromatic carbocycles. The molecule has 0 spiro atoms. The molecular formula is C11H20O3. The first kappa shape index (κ1) is 11.5. The Hall–Kier alpha value is -0.570. The van der Waals surface area contributed by atoms with Crippen LogP contribution in [0.1, 0.15) is 39.0 Å². The van der Waals surface area contributed by atoms with Gasteiger partial charge in [-0.15, -0.1) is 0 Å². The Balaban J connectivity index is 1.90. The van der Waals surface area contributed by atoms with Crippen molar-refractivity contribution in [1.82, 2.24) is 0 Å². The van der Waals surface area contributed by atoms with Crippen molar-refractivity contribution in [3.63, 3.8) is 0 Å². The van der Waals surface area contributed by atoms with Gasteiger partial charge in [-0.1, -0.05) is 6.42 Å². The van der Waals surface area contributed by atoms with Gasteiger partial charge in [0.1, 0.15) is 0 Å². The van der Waals surface area contributed by atoms with Crippen LogP contribution in [0.4, 0.5) is 0 Å². The first-order valence-corrected chi connectivity index (χ1v) is 5.56. The van der Waals surface area contributed by atoms with Crippen molar-refractivity contribution in [3.05, 3.63) is 0 Å². The fraction of sp³-hybridized carbons (Fsp3) is 0.909. The molecule has 0 amide bonds. The van der Waals surface area contributed by atoms with E-state index in [9.17, 15) is 4.79 Å². The summed E-state index contributed by atoms with van der Waals surface area (Å²) in [6.07, 6.45) is 5.03. The number of carbonyl (C=O) groups is 1. The molecule has 1 saturated heterocycles. The normalized spacial score (nSPS) is 21.1. The van der Waals surface area contributed by atoms with Gasteiger partial charge in [0.15, 0.2) is 0 Å². The van der Waals surface area contributed by atoms with Crippen LogP contribution in [0.2, 0.25) is 0 Å². The van der Waals surface area contributed by atoms with Crippen LogP contribution in [0.25, 0.3) is 0 Å². The first-order valence-electron chi connectivity index (χ1n) is 5.56. The molecule has 3 heteroatoms. The van der Waals surface area contributed by atoms with Crippen molar-refractivity contribution in [2.75, 3.05) is 19.8 Å². The van der Waals surface area contributed by atoms with E-state index in [1.54, 1.807) is 0 Å². The molecule has 0 aliphatic carbocycles. The Labute approximate surface area is 85.8 Å². The molecule has 0 N–H and O–H groups in total. The van der Waals surface area contributed by atoms with Crippen LogP contribution in [-0.2, 0) is 14.3 Å². The second-order valence-electron chi connectivity index (χ2n) is 3.78. The van der Waals surface area contributed by atoms with Crippen molar-refractivity contribution in [3.8, 4) is 0 Å². The third-order valence-corrected chi connectivity index (χ3v) is 2.57. The molecule has 1 aliphatic rings. The van der Waals surface area contributed by atoms with E-state index < -0.39 is 0 Å². The van der Waals surface area contributed by atoms with Gasteiger partial charge < -0.3 is 9.47 Å². The maximum Gasteiger partial charge on any atom is 0.305 e. The summed E-state index contributed by atoms with van der Waals surface area (Å²) in [7, 11) is 0. The molecule has 1 aliphatic heterocycles. The molecule has 1 unspecified atom stereocenters. The van der Waals surface area contributed by atoms with Gasteiger partial charge in [0, 0.05) is 19.6 Å². The third kappa shape index (κ3) is 4.61. The zero-order valence-corrected chi connectivity index (χ0v) is 8.96. The average Bonchev–Trinajstić information content (AvgIpc) is 2.65. The van der Waals surface area contributed by atoms with Crippen molar-refractivity contribution in [2.45, 2.75) is 39.0 Å². The van der Waals surface area contributed by atoms with Crippen molar-refractivity contribution in [1.29, 1.82) is 0 Å². The summed E-state index contributed by atoms with van der Waals surface area (Å²) in [5.41, 5.74) is 0. The maximum absolute atomic E-state index is 11.0. The van der Waals surface area contributed by atoms with Gasteiger partial charge in [-0.3, -0.25) is 4.79 Å². The number of unbranched alkanes of at least 4 members (excludes halogenated alkanes) is 1. The number of hydrogen-bond acceptors (Lipinski definition) is 3. The van der Waals surface area contributed by atoms with Gasteiger partial charge in [0.2, 0.25) is 0 Å². The Morgan fingerprint density at radius 1 is 1.50 bits per heavy atom. The van der Waals surface area contributed by atoms with Crippen LogP contribution < -0.4 is 0 Å². The molecule has 0 radical (unpaired) electrons. The summed E-state index contributed by atoms with van der Waals surface area (Å²) in [6.45, 7) is 4.17. The topological polar surface area (TPSA) is 35.5 Å². The molecule has 14 heavy (non-hydrogen) atoms. The van der Waals surface area contributed by atoms with Crippen LogP contribution in [-0.4, -0.2) is 25.8 Å². The molecule has 0 aromatic rings. The quantitative estimate of drug-likeness (QED) is 0.487. The highest BCUT2D eigenvalue weighted by Gasteiger charge is 2.14. The van der Waals surface area contributed by atoms with Gasteiger partial charge in [-0.25, -0.2) is 0 Å². The summed E-state index contributed by atoms with van der Waals surface area (Å²) >= 11 is 0. The van der Waals surface area contributed by atoms with Gasteiger partial charge in [-0.05, 0) is 32.1 Å². The lowest BCUT2D eigenvalue weighted by Gasteiger charge is -2.06. The molecule has 82 valence electrons. The highest BCUT2D eigenvalue weighted by molar-refractivity contribution is 5.69. The predicted molar refractivity (Wildman–Crippen MR) is 54.0 cm³/mol. The van der Waals surface area contributed by atoms with E-state index in [0.717, 1.165) is 32.0 Å². The molecule has 3 nitrogen and oxygen atoms in total. The van der Waals surface area contributed by atoms with E-state index in [-0.39, 0.29) is 5.97 Å². The summed E-state index contributed by atoms with van der Waals surface area (Å²) < 4.78 is 10.1. The zero-order valence-electron chi connectivity index (χ0n) is 8.96. The fourth-order valence-electron chi connectivity index (χ4n) is 1.75. The van der Waals surface area contributed by atoms with E-state index in [1.807, 2.05) is 6.92 Å². The highest BCUT2D eigenvalue weighted by Crippen LogP contribution is 2.19. The second-order valence-corrected chi connectivity index (χ2v) is 3.78. The van der Waals surface area contributed by atoms with Crippen molar-refractivity contribution >= 4 is 5.97 Å². The van der Waals surface area contributed by atoms with Gasteiger partial charge in [0.25, 0.3) is 0 Å². The molecule has 1 rings (SSSR count). The second kappa shape index (κ2) is 6.82. The fourth-order valence-corrected chi connectivity index (χ4v) is 1.75. The van der Waals surface area contributed by atoms with Crippen molar-refractivity contribution < 1.29 is 14.3 Å². The van der Waals surface area contributed by atoms with Gasteiger partial charge >= 0.3 is 5.97 Å². The van der Waals surface area contributed by atoms with Crippen LogP contribution >= 0.6 is 0 Å². The summed E-state index contributed by atoms with van der Waals surface area (Å²) in [6, 6.07) is 0. The first-order chi connectivity index (χ1) is 6.83. The number of ether oxygens (including phenoxy) is 2. The number of esters is 1. The molecule has 1 fully saturated rings. The lowest BCUT2D eigenvalue weighted by molar-refractivity contribution is -0.143. The standard InChI is InChI=1S/C11H20O3/c1-2-14-11(12)6-4-3-5-10-7-8-13-9-10/h10H,2-9H2,1H3. The molecule has 0 saturated carbocycles. The number of carbonyl (C=O) groups excluding carboxylic acids is 1. The molecular weight excluding hydrogens is 180 g/mol. The van der Waals surface area contributed by atoms with E-state index in [1.165, 1.54) is 12.8 Å². The largest absolute Gasteiger partial charge is 0.466 e. The molecule has 0 bridgehead atoms. The van der Waals surface area contributed by atoms with Crippen molar-refractivity contribution in [2.24, 2.45) is 5.92 Å². The maximum atomic E-state index is 11.0. The smallest absolute Gasteiger partial charge is 0.305 e. The number of rotatable bonds is 6. The monoisotopic (exact) mass is 200 g/mol. The zero-order chi connectivity index (χ0) is 10.2. The Bertz CT molecular complexity index is 162. The van der Waals surface area contributed by atoms with Crippen LogP contribution in [0.15, 0.2) is 0 Å². The summed E-state index contributed by atoms with van der Waals surface area (Å²) in [4.78, 5) is 11.0. The van der Waals surface area contributed by atoms with Crippen LogP contribution in [0.3, 0.4) is 0 Å². The molecule has 0 aromatic heterocycles. The Morgan fingerprint density at radius 2 is 2.36 bits per heavy atom. The minimum Gasteiger partial charge on any atom is -0.466 e. The number of hydrogen-bond donors (Lipinski definition) is 0. The van der Waals surface area contributed by atoms with Crippen LogP contribution in [0, 0.1) is 5.92 Å². The van der Waals surface area contributed by atoms with E-state index in [4.69, 9.17) is 9.47 Å². The van der Waals surface area contributed by atoms with Gasteiger partial charge in [0.05, 0.1) is 6.61 Å². The lowest BCUT2D eigenvalue weighted by Crippen LogP contribution is -2.04.